The molecule has 0 radical (unpaired) electrons. The SMILES string of the molecule is CCC(N)Cc1cccnc1N(C)CCc1ccncc1. The molecular formula is C17H24N4. The number of pyridine rings is 2. The summed E-state index contributed by atoms with van der Waals surface area (Å²) in [6.45, 7) is 3.04. The molecule has 4 nitrogen and oxygen atoms in total. The maximum absolute atomic E-state index is 6.09. The van der Waals surface area contributed by atoms with Crippen LogP contribution in [-0.2, 0) is 12.8 Å². The van der Waals surface area contributed by atoms with Gasteiger partial charge in [-0.05, 0) is 48.6 Å². The molecule has 2 N–H and O–H groups in total. The fourth-order valence-electron chi connectivity index (χ4n) is 2.31. The van der Waals surface area contributed by atoms with Gasteiger partial charge in [-0.2, -0.15) is 0 Å². The number of aromatic nitrogens is 2. The van der Waals surface area contributed by atoms with E-state index in [9.17, 15) is 0 Å². The third-order valence-corrected chi connectivity index (χ3v) is 3.72. The van der Waals surface area contributed by atoms with Crippen LogP contribution in [0.3, 0.4) is 0 Å². The molecule has 2 aromatic rings. The maximum Gasteiger partial charge on any atom is 0.131 e. The number of likely N-dealkylation sites (N-methyl/N-ethyl adjacent to an activating group) is 1. The lowest BCUT2D eigenvalue weighted by atomic mass is 10.0. The molecule has 21 heavy (non-hydrogen) atoms. The van der Waals surface area contributed by atoms with Crippen LogP contribution in [0.25, 0.3) is 0 Å². The molecular weight excluding hydrogens is 260 g/mol. The van der Waals surface area contributed by atoms with E-state index in [4.69, 9.17) is 5.73 Å². The van der Waals surface area contributed by atoms with E-state index in [1.165, 1.54) is 11.1 Å². The predicted molar refractivity (Wildman–Crippen MR) is 87.4 cm³/mol. The standard InChI is InChI=1S/C17H24N4/c1-3-16(18)13-15-5-4-9-20-17(15)21(2)12-8-14-6-10-19-11-7-14/h4-7,9-11,16H,3,8,12-13,18H2,1-2H3. The highest BCUT2D eigenvalue weighted by Crippen LogP contribution is 2.18. The third-order valence-electron chi connectivity index (χ3n) is 3.72. The number of rotatable bonds is 7. The van der Waals surface area contributed by atoms with Crippen molar-refractivity contribution in [2.75, 3.05) is 18.5 Å². The van der Waals surface area contributed by atoms with Gasteiger partial charge >= 0.3 is 0 Å². The minimum atomic E-state index is 0.196. The van der Waals surface area contributed by atoms with E-state index in [1.807, 2.05) is 24.7 Å². The van der Waals surface area contributed by atoms with Crippen LogP contribution < -0.4 is 10.6 Å². The van der Waals surface area contributed by atoms with Gasteiger partial charge in [-0.3, -0.25) is 4.98 Å². The predicted octanol–water partition coefficient (Wildman–Crippen LogP) is 2.44. The van der Waals surface area contributed by atoms with E-state index >= 15 is 0 Å². The van der Waals surface area contributed by atoms with Gasteiger partial charge in [0, 0.05) is 38.2 Å². The van der Waals surface area contributed by atoms with E-state index in [0.717, 1.165) is 31.6 Å². The molecule has 1 atom stereocenters. The van der Waals surface area contributed by atoms with E-state index in [-0.39, 0.29) is 6.04 Å². The fraction of sp³-hybridized carbons (Fsp3) is 0.412. The Morgan fingerprint density at radius 3 is 2.67 bits per heavy atom. The van der Waals surface area contributed by atoms with Crippen molar-refractivity contribution in [2.45, 2.75) is 32.2 Å². The van der Waals surface area contributed by atoms with Crippen molar-refractivity contribution in [3.8, 4) is 0 Å². The molecule has 0 spiro atoms. The van der Waals surface area contributed by atoms with Crippen LogP contribution in [0.15, 0.2) is 42.9 Å². The molecule has 2 rings (SSSR count). The van der Waals surface area contributed by atoms with Crippen molar-refractivity contribution in [1.82, 2.24) is 9.97 Å². The molecule has 0 aliphatic heterocycles. The summed E-state index contributed by atoms with van der Waals surface area (Å²) >= 11 is 0. The van der Waals surface area contributed by atoms with Gasteiger partial charge in [-0.1, -0.05) is 13.0 Å². The average molecular weight is 284 g/mol. The molecule has 0 aliphatic rings. The minimum absolute atomic E-state index is 0.196. The summed E-state index contributed by atoms with van der Waals surface area (Å²) in [4.78, 5) is 10.8. The Bertz CT molecular complexity index is 541. The Morgan fingerprint density at radius 1 is 1.19 bits per heavy atom. The molecule has 0 aliphatic carbocycles. The zero-order valence-corrected chi connectivity index (χ0v) is 12.9. The topological polar surface area (TPSA) is 55.0 Å². The van der Waals surface area contributed by atoms with Gasteiger partial charge in [0.15, 0.2) is 0 Å². The highest BCUT2D eigenvalue weighted by atomic mass is 15.2. The second-order valence-corrected chi connectivity index (χ2v) is 5.39. The van der Waals surface area contributed by atoms with Gasteiger partial charge in [-0.15, -0.1) is 0 Å². The van der Waals surface area contributed by atoms with E-state index in [1.54, 1.807) is 0 Å². The van der Waals surface area contributed by atoms with Gasteiger partial charge in [0.25, 0.3) is 0 Å². The first-order chi connectivity index (χ1) is 10.2. The van der Waals surface area contributed by atoms with Crippen molar-refractivity contribution in [3.63, 3.8) is 0 Å². The Labute approximate surface area is 127 Å². The van der Waals surface area contributed by atoms with Gasteiger partial charge in [0.2, 0.25) is 0 Å². The molecule has 1 unspecified atom stereocenters. The Kier molecular flexibility index (Phi) is 5.69. The molecule has 0 saturated carbocycles. The summed E-state index contributed by atoms with van der Waals surface area (Å²) in [6, 6.07) is 8.42. The van der Waals surface area contributed by atoms with Crippen molar-refractivity contribution >= 4 is 5.82 Å². The summed E-state index contributed by atoms with van der Waals surface area (Å²) in [7, 11) is 2.09. The number of hydrogen-bond acceptors (Lipinski definition) is 4. The van der Waals surface area contributed by atoms with Gasteiger partial charge in [0.05, 0.1) is 0 Å². The Morgan fingerprint density at radius 2 is 1.95 bits per heavy atom. The molecule has 0 aromatic carbocycles. The number of hydrogen-bond donors (Lipinski definition) is 1. The van der Waals surface area contributed by atoms with E-state index in [2.05, 4.69) is 47.0 Å². The molecule has 0 bridgehead atoms. The summed E-state index contributed by atoms with van der Waals surface area (Å²) in [5, 5.41) is 0. The van der Waals surface area contributed by atoms with Gasteiger partial charge < -0.3 is 10.6 Å². The highest BCUT2D eigenvalue weighted by molar-refractivity contribution is 5.46. The van der Waals surface area contributed by atoms with Crippen LogP contribution in [0, 0.1) is 0 Å². The third kappa shape index (κ3) is 4.53. The Hall–Kier alpha value is -1.94. The zero-order valence-electron chi connectivity index (χ0n) is 12.9. The molecule has 0 amide bonds. The largest absolute Gasteiger partial charge is 0.359 e. The molecule has 2 heterocycles. The minimum Gasteiger partial charge on any atom is -0.359 e. The summed E-state index contributed by atoms with van der Waals surface area (Å²) in [6.07, 6.45) is 8.35. The van der Waals surface area contributed by atoms with E-state index in [0.29, 0.717) is 0 Å². The molecule has 112 valence electrons. The lowest BCUT2D eigenvalue weighted by Gasteiger charge is -2.22. The molecule has 2 aromatic heterocycles. The van der Waals surface area contributed by atoms with Crippen LogP contribution in [0.2, 0.25) is 0 Å². The van der Waals surface area contributed by atoms with Crippen molar-refractivity contribution in [2.24, 2.45) is 5.73 Å². The first-order valence-corrected chi connectivity index (χ1v) is 7.50. The van der Waals surface area contributed by atoms with Crippen LogP contribution in [0.5, 0.6) is 0 Å². The Balaban J connectivity index is 2.03. The van der Waals surface area contributed by atoms with Crippen LogP contribution in [-0.4, -0.2) is 29.6 Å². The number of nitrogens with two attached hydrogens (primary N) is 1. The summed E-state index contributed by atoms with van der Waals surface area (Å²) in [5.41, 5.74) is 8.60. The van der Waals surface area contributed by atoms with Crippen molar-refractivity contribution in [3.05, 3.63) is 54.0 Å². The van der Waals surface area contributed by atoms with Gasteiger partial charge in [0.1, 0.15) is 5.82 Å². The first-order valence-electron chi connectivity index (χ1n) is 7.50. The first kappa shape index (κ1) is 15.4. The second-order valence-electron chi connectivity index (χ2n) is 5.39. The second kappa shape index (κ2) is 7.74. The molecule has 4 heteroatoms. The highest BCUT2D eigenvalue weighted by Gasteiger charge is 2.11. The lowest BCUT2D eigenvalue weighted by Crippen LogP contribution is -2.26. The van der Waals surface area contributed by atoms with Crippen LogP contribution in [0.4, 0.5) is 5.82 Å². The fourth-order valence-corrected chi connectivity index (χ4v) is 2.31. The molecule has 0 saturated heterocycles. The smallest absolute Gasteiger partial charge is 0.131 e. The van der Waals surface area contributed by atoms with Crippen LogP contribution in [0.1, 0.15) is 24.5 Å². The monoisotopic (exact) mass is 284 g/mol. The normalized spacial score (nSPS) is 12.1. The van der Waals surface area contributed by atoms with Crippen LogP contribution >= 0.6 is 0 Å². The van der Waals surface area contributed by atoms with Gasteiger partial charge in [-0.25, -0.2) is 4.98 Å². The number of anilines is 1. The van der Waals surface area contributed by atoms with Crippen molar-refractivity contribution in [1.29, 1.82) is 0 Å². The maximum atomic E-state index is 6.09. The van der Waals surface area contributed by atoms with Crippen molar-refractivity contribution < 1.29 is 0 Å². The quantitative estimate of drug-likeness (QED) is 0.848. The zero-order chi connectivity index (χ0) is 15.1. The lowest BCUT2D eigenvalue weighted by molar-refractivity contribution is 0.643. The number of nitrogens with zero attached hydrogens (tertiary/aromatic N) is 3. The summed E-state index contributed by atoms with van der Waals surface area (Å²) in [5.74, 6) is 1.04. The average Bonchev–Trinajstić information content (AvgIpc) is 2.54. The van der Waals surface area contributed by atoms with E-state index < -0.39 is 0 Å². The summed E-state index contributed by atoms with van der Waals surface area (Å²) < 4.78 is 0. The molecule has 0 fully saturated rings.